The first-order valence-electron chi connectivity index (χ1n) is 8.75. The summed E-state index contributed by atoms with van der Waals surface area (Å²) < 4.78 is 51.1. The summed E-state index contributed by atoms with van der Waals surface area (Å²) in [6.45, 7) is 1.99. The number of alkyl halides is 3. The lowest BCUT2D eigenvalue weighted by atomic mass is 10.1. The van der Waals surface area contributed by atoms with Crippen LogP contribution in [0.3, 0.4) is 0 Å². The Morgan fingerprint density at radius 3 is 2.67 bits per heavy atom. The summed E-state index contributed by atoms with van der Waals surface area (Å²) in [6, 6.07) is 12.1. The molecular weight excluding hydrogens is 408 g/mol. The van der Waals surface area contributed by atoms with Crippen LogP contribution in [0.1, 0.15) is 17.5 Å². The highest BCUT2D eigenvalue weighted by atomic mass is 19.4. The van der Waals surface area contributed by atoms with Crippen molar-refractivity contribution < 1.29 is 32.2 Å². The fourth-order valence-electron chi connectivity index (χ4n) is 2.45. The van der Waals surface area contributed by atoms with Crippen molar-refractivity contribution in [3.63, 3.8) is 0 Å². The number of nitriles is 1. The number of aromatic nitrogens is 1. The Labute approximate surface area is 169 Å². The number of carbonyl (C=O) groups is 1. The summed E-state index contributed by atoms with van der Waals surface area (Å²) >= 11 is 0. The zero-order valence-electron chi connectivity index (χ0n) is 15.5. The zero-order chi connectivity index (χ0) is 22.1. The Hall–Kier alpha value is -3.39. The minimum Gasteiger partial charge on any atom is -0.475 e. The lowest BCUT2D eigenvalue weighted by Crippen LogP contribution is -2.22. The molecule has 1 atom stereocenters. The van der Waals surface area contributed by atoms with Crippen LogP contribution < -0.4 is 15.4 Å². The lowest BCUT2D eigenvalue weighted by Gasteiger charge is -2.13. The normalized spacial score (nSPS) is 15.5. The molecule has 3 rings (SSSR count). The van der Waals surface area contributed by atoms with Crippen molar-refractivity contribution >= 4 is 11.8 Å². The summed E-state index contributed by atoms with van der Waals surface area (Å²) in [6.07, 6.45) is -4.02. The first kappa shape index (κ1) is 22.9. The van der Waals surface area contributed by atoms with Gasteiger partial charge in [-0.25, -0.2) is 9.18 Å². The molecule has 30 heavy (non-hydrogen) atoms. The number of nitrogens with one attached hydrogen (secondary N) is 2. The van der Waals surface area contributed by atoms with E-state index >= 15 is 0 Å². The highest BCUT2D eigenvalue weighted by Crippen LogP contribution is 2.17. The van der Waals surface area contributed by atoms with Gasteiger partial charge < -0.3 is 20.5 Å². The topological polar surface area (TPSA) is 107 Å². The number of nitrogens with zero attached hydrogens (tertiary/aromatic N) is 2. The Morgan fingerprint density at radius 1 is 1.37 bits per heavy atom. The summed E-state index contributed by atoms with van der Waals surface area (Å²) in [5.41, 5.74) is 0.685. The van der Waals surface area contributed by atoms with Crippen LogP contribution in [0.4, 0.5) is 23.4 Å². The minimum atomic E-state index is -5.08. The molecule has 1 aromatic carbocycles. The largest absolute Gasteiger partial charge is 0.490 e. The second kappa shape index (κ2) is 10.4. The molecule has 7 nitrogen and oxygen atoms in total. The van der Waals surface area contributed by atoms with Gasteiger partial charge in [0, 0.05) is 24.2 Å². The van der Waals surface area contributed by atoms with Crippen molar-refractivity contribution in [1.82, 2.24) is 10.3 Å². The Morgan fingerprint density at radius 2 is 2.10 bits per heavy atom. The molecule has 2 aromatic rings. The van der Waals surface area contributed by atoms with Crippen molar-refractivity contribution in [3.05, 3.63) is 53.3 Å². The van der Waals surface area contributed by atoms with E-state index in [-0.39, 0.29) is 6.61 Å². The second-order valence-corrected chi connectivity index (χ2v) is 6.20. The lowest BCUT2D eigenvalue weighted by molar-refractivity contribution is -0.192. The van der Waals surface area contributed by atoms with E-state index in [4.69, 9.17) is 19.9 Å². The quantitative estimate of drug-likeness (QED) is 0.631. The molecule has 0 radical (unpaired) electrons. The second-order valence-electron chi connectivity index (χ2n) is 6.20. The van der Waals surface area contributed by atoms with Gasteiger partial charge in [-0.2, -0.15) is 23.4 Å². The number of carboxylic acids is 1. The number of carboxylic acid groups (broad SMARTS) is 1. The van der Waals surface area contributed by atoms with Crippen LogP contribution in [0.2, 0.25) is 0 Å². The summed E-state index contributed by atoms with van der Waals surface area (Å²) in [7, 11) is 0. The Kier molecular flexibility index (Phi) is 7.94. The van der Waals surface area contributed by atoms with Crippen LogP contribution in [-0.4, -0.2) is 41.4 Å². The molecule has 2 heterocycles. The molecule has 1 aliphatic rings. The number of benzene rings is 1. The minimum absolute atomic E-state index is 0.0684. The molecule has 0 amide bonds. The molecule has 160 valence electrons. The average Bonchev–Trinajstić information content (AvgIpc) is 3.20. The summed E-state index contributed by atoms with van der Waals surface area (Å²) in [5, 5.41) is 22.5. The van der Waals surface area contributed by atoms with Gasteiger partial charge in [-0.15, -0.1) is 0 Å². The smallest absolute Gasteiger partial charge is 0.475 e. The van der Waals surface area contributed by atoms with Crippen LogP contribution >= 0.6 is 0 Å². The van der Waals surface area contributed by atoms with E-state index in [2.05, 4.69) is 15.6 Å². The number of anilines is 1. The van der Waals surface area contributed by atoms with E-state index in [0.717, 1.165) is 25.3 Å². The maximum absolute atomic E-state index is 13.8. The van der Waals surface area contributed by atoms with Crippen LogP contribution in [0.15, 0.2) is 36.4 Å². The molecule has 1 fully saturated rings. The number of pyridine rings is 1. The summed E-state index contributed by atoms with van der Waals surface area (Å²) in [5.74, 6) is -2.02. The standard InChI is InChI=1S/C17H17FN4O.C2HF3O2/c18-15-8-12(9-19)4-5-13(15)11-23-17-3-1-2-16(22-17)21-14-6-7-20-10-14;3-2(4,5)1(6)7/h1-5,8,14,20H,6-7,10-11H2,(H,21,22);(H,6,7)/t14-;/m0./s1. The molecule has 1 aromatic heterocycles. The highest BCUT2D eigenvalue weighted by Gasteiger charge is 2.38. The third kappa shape index (κ3) is 7.21. The van der Waals surface area contributed by atoms with Crippen molar-refractivity contribution in [2.24, 2.45) is 0 Å². The molecule has 1 aliphatic heterocycles. The molecule has 0 unspecified atom stereocenters. The Bertz CT molecular complexity index is 909. The van der Waals surface area contributed by atoms with Gasteiger partial charge in [-0.3, -0.25) is 0 Å². The molecular formula is C19H18F4N4O3. The predicted octanol–water partition coefficient (Wildman–Crippen LogP) is 3.08. The molecule has 0 saturated carbocycles. The SMILES string of the molecule is N#Cc1ccc(COc2cccc(N[C@H]3CCNC3)n2)c(F)c1.O=C(O)C(F)(F)F. The predicted molar refractivity (Wildman–Crippen MR) is 98.3 cm³/mol. The van der Waals surface area contributed by atoms with E-state index in [1.54, 1.807) is 18.2 Å². The van der Waals surface area contributed by atoms with E-state index < -0.39 is 18.0 Å². The molecule has 1 saturated heterocycles. The fourth-order valence-corrected chi connectivity index (χ4v) is 2.45. The van der Waals surface area contributed by atoms with Crippen LogP contribution in [0, 0.1) is 17.1 Å². The third-order valence-electron chi connectivity index (χ3n) is 3.94. The third-order valence-corrected chi connectivity index (χ3v) is 3.94. The number of ether oxygens (including phenoxy) is 1. The van der Waals surface area contributed by atoms with Gasteiger partial charge in [0.15, 0.2) is 0 Å². The molecule has 0 bridgehead atoms. The fraction of sp³-hybridized carbons (Fsp3) is 0.316. The van der Waals surface area contributed by atoms with E-state index in [1.807, 2.05) is 18.2 Å². The summed E-state index contributed by atoms with van der Waals surface area (Å²) in [4.78, 5) is 13.3. The van der Waals surface area contributed by atoms with E-state index in [1.165, 1.54) is 6.07 Å². The van der Waals surface area contributed by atoms with Gasteiger partial charge in [0.2, 0.25) is 5.88 Å². The van der Waals surface area contributed by atoms with Crippen molar-refractivity contribution in [2.45, 2.75) is 25.2 Å². The van der Waals surface area contributed by atoms with Gasteiger partial charge in [0.25, 0.3) is 0 Å². The number of hydrogen-bond acceptors (Lipinski definition) is 6. The van der Waals surface area contributed by atoms with Gasteiger partial charge in [-0.05, 0) is 31.2 Å². The van der Waals surface area contributed by atoms with E-state index in [0.29, 0.717) is 23.0 Å². The molecule has 0 spiro atoms. The number of hydrogen-bond donors (Lipinski definition) is 3. The average molecular weight is 426 g/mol. The molecule has 0 aliphatic carbocycles. The van der Waals surface area contributed by atoms with Crippen LogP contribution in [-0.2, 0) is 11.4 Å². The van der Waals surface area contributed by atoms with E-state index in [9.17, 15) is 17.6 Å². The van der Waals surface area contributed by atoms with Crippen molar-refractivity contribution in [2.75, 3.05) is 18.4 Å². The maximum atomic E-state index is 13.8. The molecule has 3 N–H and O–H groups in total. The molecule has 11 heteroatoms. The zero-order valence-corrected chi connectivity index (χ0v) is 15.5. The van der Waals surface area contributed by atoms with Crippen LogP contribution in [0.25, 0.3) is 0 Å². The number of halogens is 4. The van der Waals surface area contributed by atoms with Gasteiger partial charge in [-0.1, -0.05) is 12.1 Å². The maximum Gasteiger partial charge on any atom is 0.490 e. The first-order valence-corrected chi connectivity index (χ1v) is 8.75. The van der Waals surface area contributed by atoms with Crippen molar-refractivity contribution in [3.8, 4) is 11.9 Å². The Balaban J connectivity index is 0.000000396. The highest BCUT2D eigenvalue weighted by molar-refractivity contribution is 5.73. The van der Waals surface area contributed by atoms with Crippen LogP contribution in [0.5, 0.6) is 5.88 Å². The van der Waals surface area contributed by atoms with Gasteiger partial charge in [0.1, 0.15) is 18.2 Å². The first-order chi connectivity index (χ1) is 14.2. The number of aliphatic carboxylic acids is 1. The van der Waals surface area contributed by atoms with Gasteiger partial charge in [0.05, 0.1) is 11.6 Å². The number of rotatable bonds is 5. The monoisotopic (exact) mass is 426 g/mol. The van der Waals surface area contributed by atoms with Crippen molar-refractivity contribution in [1.29, 1.82) is 5.26 Å². The van der Waals surface area contributed by atoms with Gasteiger partial charge >= 0.3 is 12.1 Å².